The summed E-state index contributed by atoms with van der Waals surface area (Å²) < 4.78 is 5.92. The van der Waals surface area contributed by atoms with Gasteiger partial charge in [-0.25, -0.2) is 0 Å². The van der Waals surface area contributed by atoms with Crippen molar-refractivity contribution in [2.24, 2.45) is 0 Å². The summed E-state index contributed by atoms with van der Waals surface area (Å²) in [5, 5.41) is 2.69. The number of hydrogen-bond donors (Lipinski definition) is 1. The van der Waals surface area contributed by atoms with Gasteiger partial charge in [-0.05, 0) is 57.5 Å². The van der Waals surface area contributed by atoms with Crippen LogP contribution in [-0.4, -0.2) is 28.9 Å². The molecule has 0 atom stereocenters. The number of rotatable bonds is 4. The standard InChI is InChI=1S/C19H15BrN2O3S/c1-25-16-8-7-13(10-15(16)20)9-14-17(23)21-19(26)22(18(14)24)11-12-5-3-2-4-6-12/h2-10H,11H2,1H3,(H,21,23,26). The molecule has 132 valence electrons. The first kappa shape index (κ1) is 18.3. The maximum atomic E-state index is 12.8. The molecule has 0 radical (unpaired) electrons. The number of nitrogens with zero attached hydrogens (tertiary/aromatic N) is 1. The van der Waals surface area contributed by atoms with E-state index in [4.69, 9.17) is 17.0 Å². The third-order valence-corrected chi connectivity index (χ3v) is 4.80. The summed E-state index contributed by atoms with van der Waals surface area (Å²) >= 11 is 8.57. The number of nitrogens with one attached hydrogen (secondary N) is 1. The minimum Gasteiger partial charge on any atom is -0.496 e. The molecular weight excluding hydrogens is 416 g/mol. The molecule has 0 spiro atoms. The average Bonchev–Trinajstić information content (AvgIpc) is 2.63. The van der Waals surface area contributed by atoms with Gasteiger partial charge in [0, 0.05) is 0 Å². The summed E-state index contributed by atoms with van der Waals surface area (Å²) in [6.45, 7) is 0.294. The van der Waals surface area contributed by atoms with Crippen molar-refractivity contribution in [3.05, 3.63) is 69.7 Å². The molecule has 26 heavy (non-hydrogen) atoms. The molecule has 1 saturated heterocycles. The van der Waals surface area contributed by atoms with Gasteiger partial charge in [0.05, 0.1) is 18.1 Å². The summed E-state index contributed by atoms with van der Waals surface area (Å²) in [6.07, 6.45) is 1.54. The van der Waals surface area contributed by atoms with Gasteiger partial charge in [0.2, 0.25) is 0 Å². The number of methoxy groups -OCH3 is 1. The van der Waals surface area contributed by atoms with Crippen LogP contribution in [0.15, 0.2) is 58.6 Å². The van der Waals surface area contributed by atoms with Crippen LogP contribution in [0.3, 0.4) is 0 Å². The fourth-order valence-electron chi connectivity index (χ4n) is 2.54. The number of carbonyl (C=O) groups is 2. The maximum absolute atomic E-state index is 12.8. The second-order valence-corrected chi connectivity index (χ2v) is 6.83. The van der Waals surface area contributed by atoms with Crippen molar-refractivity contribution in [2.45, 2.75) is 6.54 Å². The molecule has 1 aliphatic rings. The van der Waals surface area contributed by atoms with Crippen LogP contribution in [0, 0.1) is 0 Å². The Balaban J connectivity index is 1.91. The van der Waals surface area contributed by atoms with Crippen molar-refractivity contribution in [2.75, 3.05) is 7.11 Å². The lowest BCUT2D eigenvalue weighted by Gasteiger charge is -2.29. The van der Waals surface area contributed by atoms with Crippen molar-refractivity contribution in [3.8, 4) is 5.75 Å². The molecule has 1 aliphatic heterocycles. The average molecular weight is 431 g/mol. The zero-order valence-electron chi connectivity index (χ0n) is 13.9. The maximum Gasteiger partial charge on any atom is 0.265 e. The van der Waals surface area contributed by atoms with Gasteiger partial charge >= 0.3 is 0 Å². The number of halogens is 1. The minimum absolute atomic E-state index is 0.0339. The molecule has 2 aromatic rings. The van der Waals surface area contributed by atoms with Gasteiger partial charge in [0.1, 0.15) is 11.3 Å². The smallest absolute Gasteiger partial charge is 0.265 e. The molecule has 0 unspecified atom stereocenters. The first-order valence-corrected chi connectivity index (χ1v) is 8.96. The molecule has 7 heteroatoms. The molecule has 0 saturated carbocycles. The van der Waals surface area contributed by atoms with Crippen LogP contribution in [0.1, 0.15) is 11.1 Å². The van der Waals surface area contributed by atoms with E-state index in [-0.39, 0.29) is 10.7 Å². The first-order chi connectivity index (χ1) is 12.5. The number of ether oxygens (including phenoxy) is 1. The van der Waals surface area contributed by atoms with E-state index in [0.717, 1.165) is 10.0 Å². The lowest BCUT2D eigenvalue weighted by atomic mass is 10.1. The normalized spacial score (nSPS) is 16.0. The zero-order valence-corrected chi connectivity index (χ0v) is 16.3. The van der Waals surface area contributed by atoms with E-state index in [1.54, 1.807) is 31.4 Å². The van der Waals surface area contributed by atoms with Crippen molar-refractivity contribution in [3.63, 3.8) is 0 Å². The highest BCUT2D eigenvalue weighted by atomic mass is 79.9. The summed E-state index contributed by atoms with van der Waals surface area (Å²) in [6, 6.07) is 14.8. The monoisotopic (exact) mass is 430 g/mol. The summed E-state index contributed by atoms with van der Waals surface area (Å²) in [5.74, 6) is -0.260. The lowest BCUT2D eigenvalue weighted by Crippen LogP contribution is -2.53. The van der Waals surface area contributed by atoms with E-state index < -0.39 is 11.8 Å². The third kappa shape index (κ3) is 3.84. The fourth-order valence-corrected chi connectivity index (χ4v) is 3.34. The number of benzene rings is 2. The molecule has 2 amide bonds. The van der Waals surface area contributed by atoms with E-state index in [0.29, 0.717) is 17.9 Å². The van der Waals surface area contributed by atoms with Crippen LogP contribution in [-0.2, 0) is 16.1 Å². The molecule has 5 nitrogen and oxygen atoms in total. The Kier molecular flexibility index (Phi) is 5.49. The Hall–Kier alpha value is -2.51. The van der Waals surface area contributed by atoms with Crippen LogP contribution in [0.4, 0.5) is 0 Å². The number of carbonyl (C=O) groups excluding carboxylic acids is 2. The number of hydrogen-bond acceptors (Lipinski definition) is 4. The molecule has 0 aliphatic carbocycles. The van der Waals surface area contributed by atoms with Crippen molar-refractivity contribution < 1.29 is 14.3 Å². The molecule has 0 bridgehead atoms. The summed E-state index contributed by atoms with van der Waals surface area (Å²) in [4.78, 5) is 26.5. The van der Waals surface area contributed by atoms with Gasteiger partial charge in [-0.15, -0.1) is 0 Å². The van der Waals surface area contributed by atoms with Crippen molar-refractivity contribution in [1.29, 1.82) is 0 Å². The van der Waals surface area contributed by atoms with E-state index in [1.165, 1.54) is 4.90 Å². The predicted molar refractivity (Wildman–Crippen MR) is 106 cm³/mol. The Morgan fingerprint density at radius 3 is 2.58 bits per heavy atom. The van der Waals surface area contributed by atoms with Crippen molar-refractivity contribution in [1.82, 2.24) is 10.2 Å². The molecule has 3 rings (SSSR count). The number of amides is 2. The Morgan fingerprint density at radius 2 is 1.92 bits per heavy atom. The van der Waals surface area contributed by atoms with E-state index >= 15 is 0 Å². The predicted octanol–water partition coefficient (Wildman–Crippen LogP) is 3.28. The fraction of sp³-hybridized carbons (Fsp3) is 0.105. The zero-order chi connectivity index (χ0) is 18.7. The summed E-state index contributed by atoms with van der Waals surface area (Å²) in [7, 11) is 1.57. The van der Waals surface area contributed by atoms with Crippen LogP contribution in [0.2, 0.25) is 0 Å². The number of thiocarbonyl (C=S) groups is 1. The molecule has 1 heterocycles. The minimum atomic E-state index is -0.503. The quantitative estimate of drug-likeness (QED) is 0.459. The topological polar surface area (TPSA) is 58.6 Å². The highest BCUT2D eigenvalue weighted by molar-refractivity contribution is 9.10. The van der Waals surface area contributed by atoms with E-state index in [1.807, 2.05) is 30.3 Å². The van der Waals surface area contributed by atoms with E-state index in [9.17, 15) is 9.59 Å². The molecule has 0 aromatic heterocycles. The van der Waals surface area contributed by atoms with Crippen molar-refractivity contribution >= 4 is 51.2 Å². The van der Waals surface area contributed by atoms with Gasteiger partial charge in [0.15, 0.2) is 5.11 Å². The van der Waals surface area contributed by atoms with Crippen LogP contribution >= 0.6 is 28.1 Å². The SMILES string of the molecule is COc1ccc(C=C2C(=O)NC(=S)N(Cc3ccccc3)C2=O)cc1Br. The Bertz CT molecular complexity index is 912. The molecule has 2 aromatic carbocycles. The molecule has 1 fully saturated rings. The van der Waals surface area contributed by atoms with Crippen LogP contribution in [0.5, 0.6) is 5.75 Å². The third-order valence-electron chi connectivity index (χ3n) is 3.86. The van der Waals surface area contributed by atoms with Crippen LogP contribution < -0.4 is 10.1 Å². The van der Waals surface area contributed by atoms with Gasteiger partial charge in [0.25, 0.3) is 11.8 Å². The largest absolute Gasteiger partial charge is 0.496 e. The van der Waals surface area contributed by atoms with Gasteiger partial charge in [-0.2, -0.15) is 0 Å². The highest BCUT2D eigenvalue weighted by Gasteiger charge is 2.33. The van der Waals surface area contributed by atoms with Gasteiger partial charge < -0.3 is 4.74 Å². The Morgan fingerprint density at radius 1 is 1.19 bits per heavy atom. The van der Waals surface area contributed by atoms with Crippen LogP contribution in [0.25, 0.3) is 6.08 Å². The van der Waals surface area contributed by atoms with E-state index in [2.05, 4.69) is 21.2 Å². The molecular formula is C19H15BrN2O3S. The highest BCUT2D eigenvalue weighted by Crippen LogP contribution is 2.27. The van der Waals surface area contributed by atoms with Gasteiger partial charge in [-0.1, -0.05) is 36.4 Å². The Labute approximate surface area is 164 Å². The second kappa shape index (κ2) is 7.80. The first-order valence-electron chi connectivity index (χ1n) is 7.76. The van der Waals surface area contributed by atoms with Gasteiger partial charge in [-0.3, -0.25) is 19.8 Å². The summed E-state index contributed by atoms with van der Waals surface area (Å²) in [5.41, 5.74) is 1.65. The molecule has 1 N–H and O–H groups in total. The second-order valence-electron chi connectivity index (χ2n) is 5.59. The lowest BCUT2D eigenvalue weighted by molar-refractivity contribution is -0.129.